The Balaban J connectivity index is 1.34. The number of hydrogen-bond donors (Lipinski definition) is 0. The summed E-state index contributed by atoms with van der Waals surface area (Å²) in [5.74, 6) is 0.262. The molecule has 2 amide bonds. The van der Waals surface area contributed by atoms with Gasteiger partial charge < -0.3 is 9.80 Å². The van der Waals surface area contributed by atoms with Crippen LogP contribution in [0.1, 0.15) is 48.9 Å². The minimum atomic E-state index is 0.0149. The average Bonchev–Trinajstić information content (AvgIpc) is 3.43. The Morgan fingerprint density at radius 3 is 2.74 bits per heavy atom. The molecule has 1 aromatic carbocycles. The first-order valence-corrected chi connectivity index (χ1v) is 11.2. The minimum absolute atomic E-state index is 0.0149. The fourth-order valence-corrected chi connectivity index (χ4v) is 4.77. The van der Waals surface area contributed by atoms with E-state index in [1.165, 1.54) is 0 Å². The molecule has 0 saturated carbocycles. The number of piperidine rings is 1. The molecule has 4 heterocycles. The molecule has 7 nitrogen and oxygen atoms in total. The monoisotopic (exact) mass is 417 g/mol. The third-order valence-electron chi connectivity index (χ3n) is 6.46. The van der Waals surface area contributed by atoms with Crippen molar-refractivity contribution in [3.05, 3.63) is 54.5 Å². The van der Waals surface area contributed by atoms with Gasteiger partial charge in [0.05, 0.1) is 5.56 Å². The smallest absolute Gasteiger partial charge is 0.255 e. The molecule has 2 fully saturated rings. The van der Waals surface area contributed by atoms with Gasteiger partial charge in [0.1, 0.15) is 11.8 Å². The number of nitrogens with zero attached hydrogens (tertiary/aromatic N) is 5. The first-order valence-electron chi connectivity index (χ1n) is 11.2. The molecule has 0 spiro atoms. The van der Waals surface area contributed by atoms with Crippen LogP contribution in [-0.2, 0) is 4.79 Å². The number of carbonyl (C=O) groups is 2. The van der Waals surface area contributed by atoms with E-state index >= 15 is 0 Å². The van der Waals surface area contributed by atoms with Gasteiger partial charge >= 0.3 is 0 Å². The molecule has 0 bridgehead atoms. The summed E-state index contributed by atoms with van der Waals surface area (Å²) in [7, 11) is 0. The second kappa shape index (κ2) is 8.49. The van der Waals surface area contributed by atoms with Crippen molar-refractivity contribution in [2.75, 3.05) is 19.6 Å². The topological polar surface area (TPSA) is 71.3 Å². The van der Waals surface area contributed by atoms with Gasteiger partial charge in [-0.2, -0.15) is 0 Å². The molecule has 0 N–H and O–H groups in total. The minimum Gasteiger partial charge on any atom is -0.343 e. The molecule has 2 aliphatic heterocycles. The van der Waals surface area contributed by atoms with Gasteiger partial charge in [-0.25, -0.2) is 9.97 Å². The number of carbonyl (C=O) groups excluding carboxylic acids is 2. The quantitative estimate of drug-likeness (QED) is 0.638. The van der Waals surface area contributed by atoms with Crippen molar-refractivity contribution in [2.45, 2.75) is 44.6 Å². The Hall–Kier alpha value is -3.22. The average molecular weight is 418 g/mol. The zero-order valence-electron chi connectivity index (χ0n) is 17.6. The van der Waals surface area contributed by atoms with Gasteiger partial charge in [0.2, 0.25) is 5.91 Å². The van der Waals surface area contributed by atoms with Crippen LogP contribution in [0.15, 0.2) is 48.9 Å². The Morgan fingerprint density at radius 2 is 1.94 bits per heavy atom. The van der Waals surface area contributed by atoms with Crippen LogP contribution in [0.3, 0.4) is 0 Å². The number of para-hydroxylation sites is 1. The zero-order chi connectivity index (χ0) is 21.2. The zero-order valence-corrected chi connectivity index (χ0v) is 17.6. The predicted octanol–water partition coefficient (Wildman–Crippen LogP) is 3.43. The van der Waals surface area contributed by atoms with Crippen molar-refractivity contribution in [1.29, 1.82) is 0 Å². The van der Waals surface area contributed by atoms with Crippen molar-refractivity contribution in [2.24, 2.45) is 0 Å². The van der Waals surface area contributed by atoms with Crippen molar-refractivity contribution >= 4 is 23.0 Å². The third-order valence-corrected chi connectivity index (χ3v) is 6.46. The molecule has 1 unspecified atom stereocenters. The third kappa shape index (κ3) is 3.92. The van der Waals surface area contributed by atoms with E-state index in [4.69, 9.17) is 0 Å². The summed E-state index contributed by atoms with van der Waals surface area (Å²) in [4.78, 5) is 38.3. The standard InChI is InChI=1S/C24H27N5O2/c30-22-10-6-12-27(22)14-11-20-9-4-5-13-28(20)24(31)18-15-21-23(25-16-18)29(17-26-21)19-7-2-1-3-8-19/h1-3,7-8,15-17,20H,4-6,9-14H2. The van der Waals surface area contributed by atoms with Crippen LogP contribution in [0, 0.1) is 0 Å². The van der Waals surface area contributed by atoms with E-state index in [2.05, 4.69) is 9.97 Å². The highest BCUT2D eigenvalue weighted by molar-refractivity contribution is 5.96. The molecule has 0 aliphatic carbocycles. The van der Waals surface area contributed by atoms with Crippen LogP contribution in [0.4, 0.5) is 0 Å². The Kier molecular flexibility index (Phi) is 5.40. The fourth-order valence-electron chi connectivity index (χ4n) is 4.77. The molecule has 31 heavy (non-hydrogen) atoms. The van der Waals surface area contributed by atoms with E-state index in [9.17, 15) is 9.59 Å². The van der Waals surface area contributed by atoms with Crippen LogP contribution in [-0.4, -0.2) is 61.8 Å². The summed E-state index contributed by atoms with van der Waals surface area (Å²) in [6.45, 7) is 2.35. The molecular formula is C24H27N5O2. The SMILES string of the molecule is O=C1CCCN1CCC1CCCCN1C(=O)c1cnc2c(c1)ncn2-c1ccccc1. The molecule has 2 aliphatic rings. The van der Waals surface area contributed by atoms with Crippen molar-refractivity contribution in [3.8, 4) is 5.69 Å². The second-order valence-corrected chi connectivity index (χ2v) is 8.44. The highest BCUT2D eigenvalue weighted by atomic mass is 16.2. The van der Waals surface area contributed by atoms with E-state index in [1.807, 2.05) is 50.8 Å². The number of aromatic nitrogens is 3. The number of pyridine rings is 1. The van der Waals surface area contributed by atoms with Gasteiger partial charge in [0.25, 0.3) is 5.91 Å². The summed E-state index contributed by atoms with van der Waals surface area (Å²) in [5.41, 5.74) is 3.02. The molecular weight excluding hydrogens is 390 g/mol. The van der Waals surface area contributed by atoms with Crippen LogP contribution in [0.5, 0.6) is 0 Å². The molecule has 5 rings (SSSR count). The first kappa shape index (κ1) is 19.7. The number of hydrogen-bond acceptors (Lipinski definition) is 4. The molecule has 1 atom stereocenters. The summed E-state index contributed by atoms with van der Waals surface area (Å²) in [6.07, 6.45) is 9.01. The van der Waals surface area contributed by atoms with Crippen molar-refractivity contribution in [1.82, 2.24) is 24.3 Å². The maximum Gasteiger partial charge on any atom is 0.255 e. The number of likely N-dealkylation sites (tertiary alicyclic amines) is 2. The first-order chi connectivity index (χ1) is 15.2. The van der Waals surface area contributed by atoms with Gasteiger partial charge in [-0.1, -0.05) is 18.2 Å². The van der Waals surface area contributed by atoms with Crippen LogP contribution < -0.4 is 0 Å². The number of amides is 2. The molecule has 7 heteroatoms. The Labute approximate surface area is 181 Å². The summed E-state index contributed by atoms with van der Waals surface area (Å²) in [6, 6.07) is 12.0. The van der Waals surface area contributed by atoms with Gasteiger partial charge in [0.15, 0.2) is 5.65 Å². The van der Waals surface area contributed by atoms with E-state index in [1.54, 1.807) is 12.5 Å². The van der Waals surface area contributed by atoms with Crippen LogP contribution >= 0.6 is 0 Å². The Bertz CT molecular complexity index is 1090. The highest BCUT2D eigenvalue weighted by Crippen LogP contribution is 2.24. The van der Waals surface area contributed by atoms with Crippen molar-refractivity contribution < 1.29 is 9.59 Å². The number of imidazole rings is 1. The lowest BCUT2D eigenvalue weighted by molar-refractivity contribution is -0.127. The van der Waals surface area contributed by atoms with Crippen LogP contribution in [0.25, 0.3) is 16.9 Å². The van der Waals surface area contributed by atoms with Crippen LogP contribution in [0.2, 0.25) is 0 Å². The molecule has 0 radical (unpaired) electrons. The fraction of sp³-hybridized carbons (Fsp3) is 0.417. The van der Waals surface area contributed by atoms with E-state index in [0.717, 1.165) is 63.1 Å². The predicted molar refractivity (Wildman–Crippen MR) is 118 cm³/mol. The molecule has 2 saturated heterocycles. The van der Waals surface area contributed by atoms with E-state index < -0.39 is 0 Å². The number of benzene rings is 1. The maximum absolute atomic E-state index is 13.4. The maximum atomic E-state index is 13.4. The number of rotatable bonds is 5. The molecule has 2 aromatic heterocycles. The molecule has 160 valence electrons. The lowest BCUT2D eigenvalue weighted by Crippen LogP contribution is -2.45. The van der Waals surface area contributed by atoms with E-state index in [0.29, 0.717) is 17.5 Å². The van der Waals surface area contributed by atoms with Crippen molar-refractivity contribution in [3.63, 3.8) is 0 Å². The van der Waals surface area contributed by atoms with Gasteiger partial charge in [-0.3, -0.25) is 14.2 Å². The second-order valence-electron chi connectivity index (χ2n) is 8.44. The van der Waals surface area contributed by atoms with Gasteiger partial charge in [0, 0.05) is 44.0 Å². The summed E-state index contributed by atoms with van der Waals surface area (Å²) in [5, 5.41) is 0. The molecule has 3 aromatic rings. The number of fused-ring (bicyclic) bond motifs is 1. The normalized spacial score (nSPS) is 19.4. The lowest BCUT2D eigenvalue weighted by Gasteiger charge is -2.36. The van der Waals surface area contributed by atoms with E-state index in [-0.39, 0.29) is 17.9 Å². The van der Waals surface area contributed by atoms with Gasteiger partial charge in [-0.05, 0) is 50.3 Å². The summed E-state index contributed by atoms with van der Waals surface area (Å²) < 4.78 is 1.93. The largest absolute Gasteiger partial charge is 0.343 e. The Morgan fingerprint density at radius 1 is 1.06 bits per heavy atom. The highest BCUT2D eigenvalue weighted by Gasteiger charge is 2.29. The summed E-state index contributed by atoms with van der Waals surface area (Å²) >= 11 is 0. The lowest BCUT2D eigenvalue weighted by atomic mass is 9.98. The van der Waals surface area contributed by atoms with Gasteiger partial charge in [-0.15, -0.1) is 0 Å².